The monoisotopic (exact) mass is 474 g/mol. The third-order valence-corrected chi connectivity index (χ3v) is 7.74. The summed E-state index contributed by atoms with van der Waals surface area (Å²) >= 11 is 1.44. The van der Waals surface area contributed by atoms with E-state index in [1.54, 1.807) is 30.0 Å². The van der Waals surface area contributed by atoms with Gasteiger partial charge in [0.1, 0.15) is 33.7 Å². The van der Waals surface area contributed by atoms with E-state index < -0.39 is 22.0 Å². The van der Waals surface area contributed by atoms with Gasteiger partial charge in [0.2, 0.25) is 0 Å². The molecule has 170 valence electrons. The average molecular weight is 475 g/mol. The van der Waals surface area contributed by atoms with Crippen molar-refractivity contribution in [2.75, 3.05) is 13.2 Å². The number of aliphatic hydroxyl groups is 1. The molecule has 1 unspecified atom stereocenters. The van der Waals surface area contributed by atoms with E-state index >= 15 is 0 Å². The van der Waals surface area contributed by atoms with Gasteiger partial charge in [-0.15, -0.1) is 11.3 Å². The SMILES string of the molecule is CCOc1cccc2c1S(=O)(=O)N=C2C1=C(O)C(c2cccs2)N(CCC(C)(C)C)C1=O. The van der Waals surface area contributed by atoms with E-state index in [0.717, 1.165) is 11.3 Å². The summed E-state index contributed by atoms with van der Waals surface area (Å²) in [4.78, 5) is 15.9. The fourth-order valence-corrected chi connectivity index (χ4v) is 6.12. The van der Waals surface area contributed by atoms with Crippen molar-refractivity contribution in [3.05, 3.63) is 57.5 Å². The zero-order valence-electron chi connectivity index (χ0n) is 18.5. The molecule has 0 aliphatic carbocycles. The Hall–Kier alpha value is -2.65. The number of benzene rings is 1. The second-order valence-corrected chi connectivity index (χ2v) is 11.5. The number of ether oxygens (including phenoxy) is 1. The normalized spacial score (nSPS) is 20.0. The molecule has 1 amide bonds. The Bertz CT molecular complexity index is 1220. The Balaban J connectivity index is 1.84. The zero-order chi connectivity index (χ0) is 23.3. The van der Waals surface area contributed by atoms with Crippen molar-refractivity contribution in [2.24, 2.45) is 9.81 Å². The number of amides is 1. The van der Waals surface area contributed by atoms with Gasteiger partial charge < -0.3 is 14.7 Å². The zero-order valence-corrected chi connectivity index (χ0v) is 20.1. The Labute approximate surface area is 192 Å². The van der Waals surface area contributed by atoms with Gasteiger partial charge >= 0.3 is 0 Å². The maximum absolute atomic E-state index is 13.6. The molecule has 0 radical (unpaired) electrons. The summed E-state index contributed by atoms with van der Waals surface area (Å²) in [6.07, 6.45) is 0.719. The molecule has 0 fully saturated rings. The van der Waals surface area contributed by atoms with Crippen LogP contribution in [-0.4, -0.2) is 43.2 Å². The van der Waals surface area contributed by atoms with Gasteiger partial charge in [0.25, 0.3) is 15.9 Å². The van der Waals surface area contributed by atoms with E-state index in [0.29, 0.717) is 6.54 Å². The van der Waals surface area contributed by atoms with E-state index in [2.05, 4.69) is 25.2 Å². The number of hydrogen-bond donors (Lipinski definition) is 1. The maximum Gasteiger partial charge on any atom is 0.287 e. The second kappa shape index (κ2) is 8.04. The first-order valence-electron chi connectivity index (χ1n) is 10.4. The number of carbonyl (C=O) groups excluding carboxylic acids is 1. The van der Waals surface area contributed by atoms with E-state index in [4.69, 9.17) is 4.74 Å². The maximum atomic E-state index is 13.6. The minimum atomic E-state index is -4.07. The van der Waals surface area contributed by atoms with Crippen LogP contribution in [0.5, 0.6) is 5.75 Å². The van der Waals surface area contributed by atoms with Crippen LogP contribution < -0.4 is 4.74 Å². The third-order valence-electron chi connectivity index (χ3n) is 5.46. The Morgan fingerprint density at radius 2 is 1.97 bits per heavy atom. The summed E-state index contributed by atoms with van der Waals surface area (Å²) in [5.41, 5.74) is 0.164. The van der Waals surface area contributed by atoms with Crippen LogP contribution in [0.3, 0.4) is 0 Å². The molecule has 2 aromatic rings. The van der Waals surface area contributed by atoms with Crippen molar-refractivity contribution < 1.29 is 23.1 Å². The molecule has 2 aliphatic heterocycles. The number of thiophene rings is 1. The summed E-state index contributed by atoms with van der Waals surface area (Å²) in [7, 11) is -4.07. The minimum absolute atomic E-state index is 0.0220. The number of nitrogens with zero attached hydrogens (tertiary/aromatic N) is 2. The van der Waals surface area contributed by atoms with Crippen molar-refractivity contribution in [1.29, 1.82) is 0 Å². The van der Waals surface area contributed by atoms with E-state index in [9.17, 15) is 18.3 Å². The lowest BCUT2D eigenvalue weighted by atomic mass is 9.92. The number of aliphatic hydroxyl groups excluding tert-OH is 1. The van der Waals surface area contributed by atoms with Crippen LogP contribution in [0.15, 0.2) is 56.3 Å². The molecule has 0 saturated heterocycles. The van der Waals surface area contributed by atoms with Crippen LogP contribution in [-0.2, 0) is 14.8 Å². The molecule has 0 bridgehead atoms. The van der Waals surface area contributed by atoms with Crippen molar-refractivity contribution >= 4 is 33.0 Å². The largest absolute Gasteiger partial charge is 0.509 e. The predicted octanol–water partition coefficient (Wildman–Crippen LogP) is 4.47. The van der Waals surface area contributed by atoms with Crippen LogP contribution in [0.2, 0.25) is 0 Å². The van der Waals surface area contributed by atoms with Gasteiger partial charge in [0.15, 0.2) is 0 Å². The van der Waals surface area contributed by atoms with Gasteiger partial charge in [-0.3, -0.25) is 4.79 Å². The van der Waals surface area contributed by atoms with Crippen LogP contribution in [0.1, 0.15) is 50.6 Å². The van der Waals surface area contributed by atoms with Gasteiger partial charge in [0, 0.05) is 17.0 Å². The van der Waals surface area contributed by atoms with Gasteiger partial charge in [-0.2, -0.15) is 12.8 Å². The Kier molecular flexibility index (Phi) is 5.67. The summed E-state index contributed by atoms with van der Waals surface area (Å²) in [6, 6.07) is 7.87. The predicted molar refractivity (Wildman–Crippen MR) is 124 cm³/mol. The minimum Gasteiger partial charge on any atom is -0.509 e. The summed E-state index contributed by atoms with van der Waals surface area (Å²) in [5, 5.41) is 13.1. The highest BCUT2D eigenvalue weighted by Crippen LogP contribution is 2.44. The highest BCUT2D eigenvalue weighted by Gasteiger charge is 2.46. The number of carbonyl (C=O) groups is 1. The molecule has 4 rings (SSSR count). The van der Waals surface area contributed by atoms with Gasteiger partial charge in [0.05, 0.1) is 6.61 Å². The van der Waals surface area contributed by atoms with Crippen LogP contribution >= 0.6 is 11.3 Å². The van der Waals surface area contributed by atoms with Crippen molar-refractivity contribution in [3.63, 3.8) is 0 Å². The Morgan fingerprint density at radius 1 is 1.22 bits per heavy atom. The molecule has 1 atom stereocenters. The molecular weight excluding hydrogens is 448 g/mol. The summed E-state index contributed by atoms with van der Waals surface area (Å²) < 4.78 is 35.2. The van der Waals surface area contributed by atoms with Crippen molar-refractivity contribution in [3.8, 4) is 5.75 Å². The number of hydrogen-bond acceptors (Lipinski definition) is 6. The van der Waals surface area contributed by atoms with E-state index in [1.807, 2.05) is 17.5 Å². The first-order valence-corrected chi connectivity index (χ1v) is 12.8. The highest BCUT2D eigenvalue weighted by atomic mass is 32.2. The Morgan fingerprint density at radius 3 is 2.59 bits per heavy atom. The van der Waals surface area contributed by atoms with Crippen LogP contribution in [0.25, 0.3) is 0 Å². The van der Waals surface area contributed by atoms with Crippen LogP contribution in [0.4, 0.5) is 0 Å². The molecule has 2 aliphatic rings. The standard InChI is InChI=1S/C23H26N2O5S2/c1-5-30-15-9-6-8-14-18(24-32(28,29)21(14)15)17-20(26)19(16-10-7-13-31-16)25(22(17)27)12-11-23(2,3)4/h6-10,13,19,26H,5,11-12H2,1-4H3. The molecule has 1 aromatic carbocycles. The fraction of sp³-hybridized carbons (Fsp3) is 0.391. The number of fused-ring (bicyclic) bond motifs is 1. The first-order chi connectivity index (χ1) is 15.0. The summed E-state index contributed by atoms with van der Waals surface area (Å²) in [6.45, 7) is 8.72. The van der Waals surface area contributed by atoms with Crippen LogP contribution in [0, 0.1) is 5.41 Å². The molecule has 1 aromatic heterocycles. The fourth-order valence-electron chi connectivity index (χ4n) is 3.93. The topological polar surface area (TPSA) is 96.3 Å². The third kappa shape index (κ3) is 3.84. The molecule has 9 heteroatoms. The molecule has 1 N–H and O–H groups in total. The van der Waals surface area contributed by atoms with Crippen molar-refractivity contribution in [1.82, 2.24) is 4.90 Å². The average Bonchev–Trinajstić information content (AvgIpc) is 3.37. The molecule has 0 spiro atoms. The van der Waals surface area contributed by atoms with Gasteiger partial charge in [-0.25, -0.2) is 0 Å². The molecular formula is C23H26N2O5S2. The van der Waals surface area contributed by atoms with E-state index in [-0.39, 0.29) is 45.3 Å². The number of rotatable bonds is 6. The highest BCUT2D eigenvalue weighted by molar-refractivity contribution is 7.91. The lowest BCUT2D eigenvalue weighted by molar-refractivity contribution is -0.127. The lowest BCUT2D eigenvalue weighted by Crippen LogP contribution is -2.33. The second-order valence-electron chi connectivity index (χ2n) is 8.97. The first kappa shape index (κ1) is 22.5. The van der Waals surface area contributed by atoms with Gasteiger partial charge in [-0.1, -0.05) is 39.0 Å². The molecule has 3 heterocycles. The smallest absolute Gasteiger partial charge is 0.287 e. The summed E-state index contributed by atoms with van der Waals surface area (Å²) in [5.74, 6) is -0.405. The van der Waals surface area contributed by atoms with Gasteiger partial charge in [-0.05, 0) is 36.3 Å². The van der Waals surface area contributed by atoms with Crippen molar-refractivity contribution in [2.45, 2.75) is 45.1 Å². The van der Waals surface area contributed by atoms with E-state index in [1.165, 1.54) is 11.3 Å². The molecule has 0 saturated carbocycles. The quantitative estimate of drug-likeness (QED) is 0.666. The molecule has 32 heavy (non-hydrogen) atoms. The number of sulfonamides is 1. The lowest BCUT2D eigenvalue weighted by Gasteiger charge is -2.28. The molecule has 7 nitrogen and oxygen atoms in total.